The molecular formula is C20H18ClN3O9. The number of carbonyl (C=O) groups is 3. The highest BCUT2D eigenvalue weighted by molar-refractivity contribution is 6.32. The van der Waals surface area contributed by atoms with Crippen LogP contribution in [-0.2, 0) is 14.4 Å². The van der Waals surface area contributed by atoms with Gasteiger partial charge in [0.1, 0.15) is 28.9 Å². The van der Waals surface area contributed by atoms with Crippen LogP contribution >= 0.6 is 11.6 Å². The number of nitrogens with two attached hydrogens (primary N) is 1. The number of nitrogens with zero attached hydrogens (tertiary/aromatic N) is 2. The van der Waals surface area contributed by atoms with Gasteiger partial charge in [-0.25, -0.2) is 0 Å². The minimum atomic E-state index is -2.97. The van der Waals surface area contributed by atoms with E-state index >= 15 is 0 Å². The number of likely N-dealkylation sites (N-methyl/N-ethyl adjacent to an activating group) is 1. The van der Waals surface area contributed by atoms with Gasteiger partial charge in [-0.05, 0) is 18.6 Å². The Morgan fingerprint density at radius 2 is 1.91 bits per heavy atom. The summed E-state index contributed by atoms with van der Waals surface area (Å²) < 4.78 is 0. The van der Waals surface area contributed by atoms with Gasteiger partial charge in [-0.2, -0.15) is 0 Å². The van der Waals surface area contributed by atoms with Gasteiger partial charge in [-0.15, -0.1) is 4.91 Å². The summed E-state index contributed by atoms with van der Waals surface area (Å²) in [6.07, 6.45) is -2.01. The molecule has 13 heteroatoms. The molecule has 0 saturated heterocycles. The zero-order chi connectivity index (χ0) is 24.6. The van der Waals surface area contributed by atoms with E-state index in [2.05, 4.69) is 5.29 Å². The number of hydrogen-bond donors (Lipinski definition) is 6. The lowest BCUT2D eigenvalue weighted by Gasteiger charge is -2.50. The number of hydrogen-bond acceptors (Lipinski definition) is 10. The molecule has 3 aliphatic rings. The number of fused-ring (bicyclic) bond motifs is 3. The van der Waals surface area contributed by atoms with Crippen molar-refractivity contribution in [3.05, 3.63) is 50.1 Å². The van der Waals surface area contributed by atoms with Crippen molar-refractivity contribution in [2.75, 3.05) is 7.05 Å². The lowest BCUT2D eigenvalue weighted by atomic mass is 9.57. The van der Waals surface area contributed by atoms with E-state index < -0.39 is 81.9 Å². The van der Waals surface area contributed by atoms with Crippen LogP contribution in [-0.4, -0.2) is 66.7 Å². The van der Waals surface area contributed by atoms with Crippen LogP contribution < -0.4 is 5.73 Å². The highest BCUT2D eigenvalue weighted by atomic mass is 35.5. The largest absolute Gasteiger partial charge is 0.508 e. The molecule has 0 heterocycles. The normalized spacial score (nSPS) is 31.0. The van der Waals surface area contributed by atoms with E-state index in [4.69, 9.17) is 17.3 Å². The molecule has 33 heavy (non-hydrogen) atoms. The molecule has 4 rings (SSSR count). The smallest absolute Gasteiger partial charge is 0.255 e. The molecule has 7 N–H and O–H groups in total. The Bertz CT molecular complexity index is 1210. The topological polar surface area (TPSA) is 211 Å². The van der Waals surface area contributed by atoms with E-state index in [9.17, 15) is 44.8 Å². The van der Waals surface area contributed by atoms with Crippen LogP contribution in [0.2, 0.25) is 5.02 Å². The molecule has 174 valence electrons. The number of halogens is 1. The lowest BCUT2D eigenvalue weighted by Crippen LogP contribution is -2.65. The summed E-state index contributed by atoms with van der Waals surface area (Å²) in [4.78, 5) is 49.6. The maximum atomic E-state index is 13.5. The van der Waals surface area contributed by atoms with Crippen molar-refractivity contribution < 1.29 is 39.9 Å². The van der Waals surface area contributed by atoms with Crippen molar-refractivity contribution in [3.63, 3.8) is 0 Å². The summed E-state index contributed by atoms with van der Waals surface area (Å²) in [7, 11) is 1.06. The number of primary amides is 1. The second-order valence-electron chi connectivity index (χ2n) is 8.16. The van der Waals surface area contributed by atoms with Crippen LogP contribution in [0.1, 0.15) is 23.7 Å². The number of carbonyl (C=O) groups excluding carboxylic acids is 3. The van der Waals surface area contributed by atoms with E-state index in [-0.39, 0.29) is 16.1 Å². The predicted octanol–water partition coefficient (Wildman–Crippen LogP) is 0.160. The maximum absolute atomic E-state index is 13.5. The van der Waals surface area contributed by atoms with E-state index in [1.165, 1.54) is 6.07 Å². The van der Waals surface area contributed by atoms with Crippen LogP contribution in [0.15, 0.2) is 34.3 Å². The zero-order valence-electron chi connectivity index (χ0n) is 16.9. The summed E-state index contributed by atoms with van der Waals surface area (Å²) in [5.41, 5.74) is 0.139. The van der Waals surface area contributed by atoms with E-state index in [1.807, 2.05) is 0 Å². The number of rotatable bonds is 3. The Morgan fingerprint density at radius 1 is 1.27 bits per heavy atom. The van der Waals surface area contributed by atoms with Crippen molar-refractivity contribution in [2.24, 2.45) is 22.9 Å². The van der Waals surface area contributed by atoms with Gasteiger partial charge in [0.2, 0.25) is 5.78 Å². The third-order valence-electron chi connectivity index (χ3n) is 6.62. The average Bonchev–Trinajstić information content (AvgIpc) is 2.75. The quantitative estimate of drug-likeness (QED) is 0.196. The molecule has 3 aliphatic carbocycles. The number of aliphatic hydroxyl groups excluding tert-OH is 3. The van der Waals surface area contributed by atoms with E-state index in [0.29, 0.717) is 5.01 Å². The molecule has 1 aromatic rings. The van der Waals surface area contributed by atoms with Crippen molar-refractivity contribution in [3.8, 4) is 5.75 Å². The first kappa shape index (κ1) is 22.7. The average molecular weight is 480 g/mol. The molecule has 0 aliphatic heterocycles. The van der Waals surface area contributed by atoms with Gasteiger partial charge in [-0.3, -0.25) is 19.4 Å². The SMILES string of the molecule is CN(N=O)[C@@H]1C(=O)C(C(N)=O)=C(O)[C@@]2(O)C(=O)C3=C(O)c4c(O)ccc(Cl)c4[C@@H](O)[C@H]3C[C@@H]12. The number of Topliss-reactive ketones (excluding diaryl/α,β-unsaturated/α-hetero) is 2. The van der Waals surface area contributed by atoms with Gasteiger partial charge < -0.3 is 31.3 Å². The minimum Gasteiger partial charge on any atom is -0.508 e. The number of phenols is 1. The second kappa shape index (κ2) is 7.27. The van der Waals surface area contributed by atoms with Crippen molar-refractivity contribution in [1.82, 2.24) is 5.01 Å². The molecule has 1 amide bonds. The van der Waals surface area contributed by atoms with Crippen LogP contribution in [0.4, 0.5) is 0 Å². The number of aliphatic hydroxyl groups is 4. The highest BCUT2D eigenvalue weighted by Crippen LogP contribution is 2.56. The van der Waals surface area contributed by atoms with Gasteiger partial charge in [0.15, 0.2) is 11.4 Å². The molecule has 1 saturated carbocycles. The molecule has 0 bridgehead atoms. The third kappa shape index (κ3) is 2.74. The Balaban J connectivity index is 2.03. The molecule has 5 atom stereocenters. The summed E-state index contributed by atoms with van der Waals surface area (Å²) in [6.45, 7) is 0. The zero-order valence-corrected chi connectivity index (χ0v) is 17.6. The van der Waals surface area contributed by atoms with Crippen LogP contribution in [0, 0.1) is 16.7 Å². The Kier molecular flexibility index (Phi) is 5.00. The molecule has 0 aromatic heterocycles. The van der Waals surface area contributed by atoms with Crippen molar-refractivity contribution >= 4 is 34.8 Å². The van der Waals surface area contributed by atoms with E-state index in [1.54, 1.807) is 0 Å². The number of benzene rings is 1. The Labute approximate surface area is 190 Å². The summed E-state index contributed by atoms with van der Waals surface area (Å²) in [5, 5.41) is 57.4. The molecule has 0 radical (unpaired) electrons. The number of ketones is 2. The van der Waals surface area contributed by atoms with Crippen molar-refractivity contribution in [1.29, 1.82) is 0 Å². The van der Waals surface area contributed by atoms with E-state index in [0.717, 1.165) is 13.1 Å². The van der Waals surface area contributed by atoms with Crippen LogP contribution in [0.25, 0.3) is 5.76 Å². The standard InChI is InChI=1S/C20H18ClN3O9/c1-24(23-33)13-6-4-5-9(15(27)11-8(25)3-2-7(21)10(11)14(5)26)17(29)20(6,32)18(30)12(16(13)28)19(22)31/h2-3,5-6,13-14,25-27,30,32H,4H2,1H3,(H2,22,31)/t5-,6-,13-,14-,20-/m0/s1. The highest BCUT2D eigenvalue weighted by Gasteiger charge is 2.65. The number of nitroso groups, excluding NO2 is 1. The summed E-state index contributed by atoms with van der Waals surface area (Å²) in [6, 6.07) is 0.688. The van der Waals surface area contributed by atoms with Crippen LogP contribution in [0.3, 0.4) is 0 Å². The fourth-order valence-electron chi connectivity index (χ4n) is 5.13. The predicted molar refractivity (Wildman–Crippen MR) is 110 cm³/mol. The van der Waals surface area contributed by atoms with Gasteiger partial charge in [0, 0.05) is 35.0 Å². The number of aromatic hydroxyl groups is 1. The first-order valence-electron chi connectivity index (χ1n) is 9.63. The van der Waals surface area contributed by atoms with Crippen molar-refractivity contribution in [2.45, 2.75) is 24.2 Å². The summed E-state index contributed by atoms with van der Waals surface area (Å²) >= 11 is 6.15. The van der Waals surface area contributed by atoms with Gasteiger partial charge in [0.25, 0.3) is 5.91 Å². The van der Waals surface area contributed by atoms with Gasteiger partial charge in [-0.1, -0.05) is 11.6 Å². The molecule has 12 nitrogen and oxygen atoms in total. The number of amides is 1. The molecule has 1 fully saturated rings. The molecule has 1 aromatic carbocycles. The monoisotopic (exact) mass is 479 g/mol. The van der Waals surface area contributed by atoms with Gasteiger partial charge in [0.05, 0.1) is 17.0 Å². The summed E-state index contributed by atoms with van der Waals surface area (Å²) in [5.74, 6) is -9.44. The molecule has 0 spiro atoms. The minimum absolute atomic E-state index is 0.0316. The van der Waals surface area contributed by atoms with Gasteiger partial charge >= 0.3 is 0 Å². The number of phenolic OH excluding ortho intramolecular Hbond substituents is 1. The molecule has 0 unspecified atom stereocenters. The maximum Gasteiger partial charge on any atom is 0.255 e. The van der Waals surface area contributed by atoms with Crippen LogP contribution in [0.5, 0.6) is 5.75 Å². The first-order valence-corrected chi connectivity index (χ1v) is 10.0. The Morgan fingerprint density at radius 3 is 2.48 bits per heavy atom. The third-order valence-corrected chi connectivity index (χ3v) is 6.95. The second-order valence-corrected chi connectivity index (χ2v) is 8.57. The fraction of sp³-hybridized carbons (Fsp3) is 0.350. The Hall–Kier alpha value is -3.48. The first-order chi connectivity index (χ1) is 15.4. The fourth-order valence-corrected chi connectivity index (χ4v) is 5.40. The lowest BCUT2D eigenvalue weighted by molar-refractivity contribution is -0.156. The molecular weight excluding hydrogens is 462 g/mol.